The molecule has 8 nitrogen and oxygen atoms in total. The van der Waals surface area contributed by atoms with Crippen molar-refractivity contribution in [3.63, 3.8) is 0 Å². The zero-order chi connectivity index (χ0) is 20.0. The number of nitrogens with zero attached hydrogens (tertiary/aromatic N) is 4. The fourth-order valence-corrected chi connectivity index (χ4v) is 4.50. The number of likely N-dealkylation sites (tertiary alicyclic amines) is 1. The SMILES string of the molecule is N#Cc1ccc(C(=O)N2CC3CCCC(C2)N3C(=O)c2ccc3cnoc3c2)[nH]1. The molecule has 1 aromatic carbocycles. The van der Waals surface area contributed by atoms with Gasteiger partial charge in [-0.25, -0.2) is 0 Å². The van der Waals surface area contributed by atoms with E-state index in [-0.39, 0.29) is 23.9 Å². The predicted octanol–water partition coefficient (Wildman–Crippen LogP) is 2.55. The van der Waals surface area contributed by atoms with Crippen molar-refractivity contribution in [1.82, 2.24) is 19.9 Å². The Morgan fingerprint density at radius 2 is 1.93 bits per heavy atom. The monoisotopic (exact) mass is 389 g/mol. The molecule has 0 radical (unpaired) electrons. The molecule has 4 heterocycles. The van der Waals surface area contributed by atoms with Crippen LogP contribution in [0.15, 0.2) is 41.1 Å². The topological polar surface area (TPSA) is 106 Å². The van der Waals surface area contributed by atoms with Crippen molar-refractivity contribution >= 4 is 22.8 Å². The van der Waals surface area contributed by atoms with E-state index in [9.17, 15) is 9.59 Å². The fraction of sp³-hybridized carbons (Fsp3) is 0.333. The zero-order valence-corrected chi connectivity index (χ0v) is 15.7. The van der Waals surface area contributed by atoms with Gasteiger partial charge in [0.2, 0.25) is 0 Å². The number of carbonyl (C=O) groups is 2. The lowest BCUT2D eigenvalue weighted by Gasteiger charge is -2.50. The van der Waals surface area contributed by atoms with E-state index in [2.05, 4.69) is 10.1 Å². The summed E-state index contributed by atoms with van der Waals surface area (Å²) in [7, 11) is 0. The molecular weight excluding hydrogens is 370 g/mol. The van der Waals surface area contributed by atoms with Crippen LogP contribution in [0.2, 0.25) is 0 Å². The number of piperazine rings is 1. The lowest BCUT2D eigenvalue weighted by molar-refractivity contribution is 0.000868. The predicted molar refractivity (Wildman–Crippen MR) is 103 cm³/mol. The van der Waals surface area contributed by atoms with Crippen LogP contribution in [0.1, 0.15) is 45.8 Å². The highest BCUT2D eigenvalue weighted by atomic mass is 16.5. The molecule has 2 saturated heterocycles. The van der Waals surface area contributed by atoms with E-state index in [0.29, 0.717) is 35.6 Å². The van der Waals surface area contributed by atoms with Gasteiger partial charge in [-0.05, 0) is 49.6 Å². The summed E-state index contributed by atoms with van der Waals surface area (Å²) in [6.07, 6.45) is 4.40. The molecule has 0 saturated carbocycles. The van der Waals surface area contributed by atoms with Gasteiger partial charge in [-0.2, -0.15) is 5.26 Å². The molecule has 2 atom stereocenters. The van der Waals surface area contributed by atoms with Gasteiger partial charge >= 0.3 is 0 Å². The first kappa shape index (κ1) is 17.5. The molecule has 0 spiro atoms. The summed E-state index contributed by atoms with van der Waals surface area (Å²) in [6.45, 7) is 0.985. The molecule has 29 heavy (non-hydrogen) atoms. The van der Waals surface area contributed by atoms with Crippen LogP contribution < -0.4 is 0 Å². The number of H-pyrrole nitrogens is 1. The highest BCUT2D eigenvalue weighted by Crippen LogP contribution is 2.31. The Bertz CT molecular complexity index is 1130. The summed E-state index contributed by atoms with van der Waals surface area (Å²) in [5.74, 6) is -0.157. The van der Waals surface area contributed by atoms with Crippen molar-refractivity contribution in [1.29, 1.82) is 5.26 Å². The van der Waals surface area contributed by atoms with Gasteiger partial charge in [0.15, 0.2) is 5.58 Å². The van der Waals surface area contributed by atoms with Gasteiger partial charge in [0, 0.05) is 24.0 Å². The molecule has 2 aliphatic rings. The Morgan fingerprint density at radius 1 is 1.14 bits per heavy atom. The molecule has 8 heteroatoms. The summed E-state index contributed by atoms with van der Waals surface area (Å²) in [4.78, 5) is 32.8. The third kappa shape index (κ3) is 2.95. The van der Waals surface area contributed by atoms with Crippen LogP contribution >= 0.6 is 0 Å². The number of amides is 2. The van der Waals surface area contributed by atoms with Crippen molar-refractivity contribution in [3.05, 3.63) is 53.5 Å². The molecule has 2 bridgehead atoms. The van der Waals surface area contributed by atoms with Gasteiger partial charge in [0.1, 0.15) is 17.5 Å². The van der Waals surface area contributed by atoms with Crippen LogP contribution in [0.4, 0.5) is 0 Å². The second-order valence-electron chi connectivity index (χ2n) is 7.64. The van der Waals surface area contributed by atoms with Crippen LogP contribution in [-0.2, 0) is 0 Å². The molecule has 5 rings (SSSR count). The number of carbonyl (C=O) groups excluding carboxylic acids is 2. The molecule has 0 aliphatic carbocycles. The number of benzene rings is 1. The van der Waals surface area contributed by atoms with Crippen LogP contribution in [0.5, 0.6) is 0 Å². The second kappa shape index (κ2) is 6.78. The van der Waals surface area contributed by atoms with Crippen molar-refractivity contribution in [2.75, 3.05) is 13.1 Å². The standard InChI is InChI=1S/C21H19N5O3/c22-9-15-6-7-18(24-15)21(28)25-11-16-2-1-3-17(12-25)26(16)20(27)13-4-5-14-10-23-29-19(14)8-13/h4-8,10,16-17,24H,1-3,11-12H2. The minimum Gasteiger partial charge on any atom is -0.356 e. The molecule has 2 fully saturated rings. The first-order valence-corrected chi connectivity index (χ1v) is 9.69. The first-order valence-electron chi connectivity index (χ1n) is 9.69. The Hall–Kier alpha value is -3.60. The highest BCUT2D eigenvalue weighted by Gasteiger charge is 2.42. The maximum Gasteiger partial charge on any atom is 0.270 e. The number of rotatable bonds is 2. The molecular formula is C21H19N5O3. The average molecular weight is 389 g/mol. The lowest BCUT2D eigenvalue weighted by Crippen LogP contribution is -2.63. The van der Waals surface area contributed by atoms with Crippen molar-refractivity contribution in [3.8, 4) is 6.07 Å². The smallest absolute Gasteiger partial charge is 0.270 e. The number of fused-ring (bicyclic) bond motifs is 3. The summed E-state index contributed by atoms with van der Waals surface area (Å²) >= 11 is 0. The molecule has 2 unspecified atom stereocenters. The largest absolute Gasteiger partial charge is 0.356 e. The van der Waals surface area contributed by atoms with E-state index in [0.717, 1.165) is 24.6 Å². The maximum atomic E-state index is 13.3. The maximum absolute atomic E-state index is 13.3. The van der Waals surface area contributed by atoms with Crippen molar-refractivity contribution in [2.24, 2.45) is 0 Å². The summed E-state index contributed by atoms with van der Waals surface area (Å²) < 4.78 is 5.20. The molecule has 2 amide bonds. The Morgan fingerprint density at radius 3 is 2.66 bits per heavy atom. The van der Waals surface area contributed by atoms with E-state index in [1.807, 2.05) is 17.0 Å². The van der Waals surface area contributed by atoms with Gasteiger partial charge in [0.25, 0.3) is 11.8 Å². The normalized spacial score (nSPS) is 21.2. The van der Waals surface area contributed by atoms with Crippen LogP contribution in [0, 0.1) is 11.3 Å². The molecule has 2 aromatic heterocycles. The van der Waals surface area contributed by atoms with Gasteiger partial charge < -0.3 is 19.3 Å². The number of hydrogen-bond acceptors (Lipinski definition) is 5. The summed E-state index contributed by atoms with van der Waals surface area (Å²) in [5, 5.41) is 13.6. The zero-order valence-electron chi connectivity index (χ0n) is 15.7. The Balaban J connectivity index is 1.38. The summed E-state index contributed by atoms with van der Waals surface area (Å²) in [6, 6.07) is 10.6. The van der Waals surface area contributed by atoms with Crippen LogP contribution in [0.3, 0.4) is 0 Å². The molecule has 1 N–H and O–H groups in total. The number of aromatic amines is 1. The van der Waals surface area contributed by atoms with E-state index in [1.54, 1.807) is 35.4 Å². The van der Waals surface area contributed by atoms with E-state index in [1.165, 1.54) is 0 Å². The minimum atomic E-state index is -0.126. The number of hydrogen-bond donors (Lipinski definition) is 1. The average Bonchev–Trinajstić information content (AvgIpc) is 3.40. The highest BCUT2D eigenvalue weighted by molar-refractivity contribution is 5.98. The number of nitriles is 1. The molecule has 146 valence electrons. The van der Waals surface area contributed by atoms with Gasteiger partial charge in [-0.15, -0.1) is 0 Å². The summed E-state index contributed by atoms with van der Waals surface area (Å²) in [5.41, 5.74) is 1.95. The first-order chi connectivity index (χ1) is 14.1. The van der Waals surface area contributed by atoms with E-state index < -0.39 is 0 Å². The van der Waals surface area contributed by atoms with Crippen LogP contribution in [0.25, 0.3) is 11.0 Å². The van der Waals surface area contributed by atoms with Crippen LogP contribution in [-0.4, -0.2) is 56.9 Å². The Kier molecular flexibility index (Phi) is 4.09. The number of nitrogens with one attached hydrogen (secondary N) is 1. The third-order valence-electron chi connectivity index (χ3n) is 5.89. The van der Waals surface area contributed by atoms with Crippen molar-refractivity contribution < 1.29 is 14.1 Å². The number of aromatic nitrogens is 2. The van der Waals surface area contributed by atoms with Gasteiger partial charge in [-0.1, -0.05) is 5.16 Å². The quantitative estimate of drug-likeness (QED) is 0.725. The van der Waals surface area contributed by atoms with E-state index >= 15 is 0 Å². The fourth-order valence-electron chi connectivity index (χ4n) is 4.50. The number of piperidine rings is 1. The minimum absolute atomic E-state index is 0.0187. The Labute approximate surface area is 166 Å². The molecule has 3 aromatic rings. The van der Waals surface area contributed by atoms with Crippen molar-refractivity contribution in [2.45, 2.75) is 31.3 Å². The van der Waals surface area contributed by atoms with Gasteiger partial charge in [0.05, 0.1) is 18.3 Å². The third-order valence-corrected chi connectivity index (χ3v) is 5.89. The van der Waals surface area contributed by atoms with Gasteiger partial charge in [-0.3, -0.25) is 9.59 Å². The van der Waals surface area contributed by atoms with E-state index in [4.69, 9.17) is 9.78 Å². The lowest BCUT2D eigenvalue weighted by atomic mass is 9.90. The second-order valence-corrected chi connectivity index (χ2v) is 7.64. The molecule has 2 aliphatic heterocycles.